The van der Waals surface area contributed by atoms with Crippen molar-refractivity contribution in [3.8, 4) is 0 Å². The molecule has 5 nitrogen and oxygen atoms in total. The maximum Gasteiger partial charge on any atom is 0.255 e. The average molecular weight is 465 g/mol. The van der Waals surface area contributed by atoms with Crippen LogP contribution in [0.4, 0.5) is 11.4 Å². The Labute approximate surface area is 205 Å². The van der Waals surface area contributed by atoms with Gasteiger partial charge in [-0.1, -0.05) is 54.6 Å². The summed E-state index contributed by atoms with van der Waals surface area (Å²) in [6.07, 6.45) is 1.90. The predicted molar refractivity (Wildman–Crippen MR) is 135 cm³/mol. The minimum Gasteiger partial charge on any atom is -0.322 e. The van der Waals surface area contributed by atoms with E-state index in [1.165, 1.54) is 10.5 Å². The molecule has 2 aliphatic carbocycles. The number of imide groups is 1. The smallest absolute Gasteiger partial charge is 0.255 e. The largest absolute Gasteiger partial charge is 0.322 e. The number of amides is 3. The molecule has 3 aromatic carbocycles. The van der Waals surface area contributed by atoms with Crippen molar-refractivity contribution in [3.05, 3.63) is 95.1 Å². The Kier molecular flexibility index (Phi) is 5.10. The molecular formula is C30H28N2O3. The molecule has 3 fully saturated rings. The summed E-state index contributed by atoms with van der Waals surface area (Å²) < 4.78 is 0. The van der Waals surface area contributed by atoms with Crippen LogP contribution in [0.25, 0.3) is 0 Å². The zero-order valence-electron chi connectivity index (χ0n) is 19.9. The van der Waals surface area contributed by atoms with Crippen LogP contribution in [0.2, 0.25) is 0 Å². The van der Waals surface area contributed by atoms with Crippen molar-refractivity contribution >= 4 is 29.1 Å². The van der Waals surface area contributed by atoms with Crippen molar-refractivity contribution in [3.63, 3.8) is 0 Å². The van der Waals surface area contributed by atoms with Gasteiger partial charge < -0.3 is 5.32 Å². The third-order valence-electron chi connectivity index (χ3n) is 8.33. The van der Waals surface area contributed by atoms with E-state index in [0.717, 1.165) is 29.7 Å². The second-order valence-corrected chi connectivity index (χ2v) is 10.2. The van der Waals surface area contributed by atoms with E-state index >= 15 is 0 Å². The summed E-state index contributed by atoms with van der Waals surface area (Å²) in [5, 5.41) is 3.00. The zero-order valence-corrected chi connectivity index (χ0v) is 19.9. The summed E-state index contributed by atoms with van der Waals surface area (Å²) in [5.74, 6) is -0.206. The topological polar surface area (TPSA) is 66.5 Å². The molecule has 0 spiro atoms. The van der Waals surface area contributed by atoms with Gasteiger partial charge in [0.1, 0.15) is 0 Å². The number of hydrogen-bond acceptors (Lipinski definition) is 3. The number of aryl methyl sites for hydroxylation is 2. The highest BCUT2D eigenvalue weighted by atomic mass is 16.2. The Bertz CT molecular complexity index is 1330. The molecule has 5 atom stereocenters. The van der Waals surface area contributed by atoms with Gasteiger partial charge in [-0.05, 0) is 79.3 Å². The van der Waals surface area contributed by atoms with Gasteiger partial charge in [-0.3, -0.25) is 19.3 Å². The van der Waals surface area contributed by atoms with Gasteiger partial charge in [0.05, 0.1) is 17.5 Å². The Morgan fingerprint density at radius 1 is 0.829 bits per heavy atom. The van der Waals surface area contributed by atoms with Crippen LogP contribution in [-0.4, -0.2) is 17.7 Å². The number of anilines is 2. The molecule has 3 aromatic rings. The van der Waals surface area contributed by atoms with Crippen LogP contribution in [0.1, 0.15) is 45.8 Å². The highest BCUT2D eigenvalue weighted by molar-refractivity contribution is 6.23. The lowest BCUT2D eigenvalue weighted by atomic mass is 9.73. The maximum atomic E-state index is 13.6. The number of rotatable bonds is 4. The van der Waals surface area contributed by atoms with Gasteiger partial charge in [0.2, 0.25) is 11.8 Å². The van der Waals surface area contributed by atoms with E-state index in [9.17, 15) is 14.4 Å². The molecule has 1 N–H and O–H groups in total. The molecule has 5 heteroatoms. The van der Waals surface area contributed by atoms with Crippen LogP contribution < -0.4 is 10.2 Å². The van der Waals surface area contributed by atoms with Gasteiger partial charge in [0, 0.05) is 11.3 Å². The Morgan fingerprint density at radius 2 is 1.51 bits per heavy atom. The zero-order chi connectivity index (χ0) is 24.3. The van der Waals surface area contributed by atoms with Crippen molar-refractivity contribution in [1.82, 2.24) is 0 Å². The highest BCUT2D eigenvalue weighted by Crippen LogP contribution is 2.61. The fraction of sp³-hybridized carbons (Fsp3) is 0.300. The van der Waals surface area contributed by atoms with Gasteiger partial charge in [-0.2, -0.15) is 0 Å². The summed E-state index contributed by atoms with van der Waals surface area (Å²) >= 11 is 0. The average Bonchev–Trinajstić information content (AvgIpc) is 3.53. The molecule has 0 radical (unpaired) electrons. The fourth-order valence-corrected chi connectivity index (χ4v) is 6.78. The molecule has 3 aliphatic rings. The summed E-state index contributed by atoms with van der Waals surface area (Å²) in [4.78, 5) is 41.5. The molecule has 176 valence electrons. The molecule has 0 unspecified atom stereocenters. The maximum absolute atomic E-state index is 13.6. The van der Waals surface area contributed by atoms with Crippen LogP contribution in [0, 0.1) is 37.5 Å². The third kappa shape index (κ3) is 3.41. The Balaban J connectivity index is 1.27. The summed E-state index contributed by atoms with van der Waals surface area (Å²) in [6, 6.07) is 23.1. The minimum atomic E-state index is -0.265. The molecule has 1 heterocycles. The lowest BCUT2D eigenvalue weighted by Gasteiger charge is -2.28. The lowest BCUT2D eigenvalue weighted by Crippen LogP contribution is -2.33. The summed E-state index contributed by atoms with van der Waals surface area (Å²) in [5.41, 5.74) is 4.93. The first-order valence-electron chi connectivity index (χ1n) is 12.3. The third-order valence-corrected chi connectivity index (χ3v) is 8.33. The van der Waals surface area contributed by atoms with E-state index in [4.69, 9.17) is 0 Å². The second kappa shape index (κ2) is 8.19. The minimum absolute atomic E-state index is 0.105. The molecule has 3 amide bonds. The van der Waals surface area contributed by atoms with Crippen molar-refractivity contribution in [1.29, 1.82) is 0 Å². The van der Waals surface area contributed by atoms with E-state index < -0.39 is 0 Å². The molecule has 1 saturated heterocycles. The molecule has 1 aliphatic heterocycles. The number of hydrogen-bond donors (Lipinski definition) is 1. The molecule has 2 bridgehead atoms. The second-order valence-electron chi connectivity index (χ2n) is 10.2. The van der Waals surface area contributed by atoms with Crippen molar-refractivity contribution in [2.75, 3.05) is 10.2 Å². The van der Waals surface area contributed by atoms with E-state index in [1.807, 2.05) is 50.2 Å². The first-order chi connectivity index (χ1) is 16.9. The molecule has 6 rings (SSSR count). The van der Waals surface area contributed by atoms with E-state index in [0.29, 0.717) is 17.2 Å². The fourth-order valence-electron chi connectivity index (χ4n) is 6.78. The van der Waals surface area contributed by atoms with Crippen molar-refractivity contribution < 1.29 is 14.4 Å². The van der Waals surface area contributed by atoms with Crippen molar-refractivity contribution in [2.45, 2.75) is 32.6 Å². The number of para-hydroxylation sites is 1. The molecule has 0 aromatic heterocycles. The number of carbonyl (C=O) groups excluding carboxylic acids is 3. The number of fused-ring (bicyclic) bond motifs is 5. The van der Waals surface area contributed by atoms with Crippen LogP contribution in [0.15, 0.2) is 72.8 Å². The first-order valence-corrected chi connectivity index (χ1v) is 12.3. The summed E-state index contributed by atoms with van der Waals surface area (Å²) in [7, 11) is 0. The number of benzene rings is 3. The SMILES string of the molecule is Cc1cccc(C)c1NC(=O)c1cccc(N2C(=O)[C@@H]3[C@H]4C[C@@H]([C@@H]3C2=O)[C@@H](c2ccccc2)C4)c1. The molecular weight excluding hydrogens is 436 g/mol. The van der Waals surface area contributed by atoms with Crippen LogP contribution in [0.5, 0.6) is 0 Å². The predicted octanol–water partition coefficient (Wildman–Crippen LogP) is 5.48. The van der Waals surface area contributed by atoms with Gasteiger partial charge in [0.25, 0.3) is 5.91 Å². The normalized spacial score (nSPS) is 26.8. The van der Waals surface area contributed by atoms with Gasteiger partial charge in [-0.15, -0.1) is 0 Å². The van der Waals surface area contributed by atoms with Crippen LogP contribution >= 0.6 is 0 Å². The van der Waals surface area contributed by atoms with E-state index in [1.54, 1.807) is 24.3 Å². The van der Waals surface area contributed by atoms with Gasteiger partial charge in [0.15, 0.2) is 0 Å². The quantitative estimate of drug-likeness (QED) is 0.520. The van der Waals surface area contributed by atoms with Gasteiger partial charge in [-0.25, -0.2) is 0 Å². The van der Waals surface area contributed by atoms with Crippen LogP contribution in [0.3, 0.4) is 0 Å². The Hall–Kier alpha value is -3.73. The molecule has 35 heavy (non-hydrogen) atoms. The monoisotopic (exact) mass is 464 g/mol. The Morgan fingerprint density at radius 3 is 2.26 bits per heavy atom. The number of nitrogens with zero attached hydrogens (tertiary/aromatic N) is 1. The molecule has 2 saturated carbocycles. The van der Waals surface area contributed by atoms with E-state index in [2.05, 4.69) is 17.4 Å². The standard InChI is InChI=1S/C30H28N2O3/c1-17-8-6-9-18(2)27(17)31-28(33)20-12-7-13-22(14-20)32-29(34)25-21-15-23(19-10-4-3-5-11-19)24(16-21)26(25)30(32)35/h3-14,21,23-26H,15-16H2,1-2H3,(H,31,33)/t21-,23-,24-,25-,26+/m1/s1. The van der Waals surface area contributed by atoms with E-state index in [-0.39, 0.29) is 41.4 Å². The van der Waals surface area contributed by atoms with Crippen LogP contribution in [-0.2, 0) is 9.59 Å². The lowest BCUT2D eigenvalue weighted by molar-refractivity contribution is -0.123. The highest BCUT2D eigenvalue weighted by Gasteiger charge is 2.64. The van der Waals surface area contributed by atoms with Gasteiger partial charge >= 0.3 is 0 Å². The number of nitrogens with one attached hydrogen (secondary N) is 1. The number of carbonyl (C=O) groups is 3. The summed E-state index contributed by atoms with van der Waals surface area (Å²) in [6.45, 7) is 3.91. The first kappa shape index (κ1) is 21.8. The van der Waals surface area contributed by atoms with Crippen molar-refractivity contribution in [2.24, 2.45) is 23.7 Å².